The van der Waals surface area contributed by atoms with Gasteiger partial charge in [0.25, 0.3) is 0 Å². The van der Waals surface area contributed by atoms with E-state index in [0.717, 1.165) is 0 Å². The summed E-state index contributed by atoms with van der Waals surface area (Å²) in [7, 11) is 0. The molecule has 116 valence electrons. The van der Waals surface area contributed by atoms with Crippen molar-refractivity contribution in [3.8, 4) is 0 Å². The third-order valence-corrected chi connectivity index (χ3v) is 2.85. The molecule has 0 bridgehead atoms. The molecule has 6 nitrogen and oxygen atoms in total. The van der Waals surface area contributed by atoms with E-state index in [9.17, 15) is 9.59 Å². The number of nitrogens with one attached hydrogen (secondary N) is 2. The van der Waals surface area contributed by atoms with Gasteiger partial charge < -0.3 is 21.1 Å². The van der Waals surface area contributed by atoms with E-state index in [1.165, 1.54) is 6.07 Å². The molecular formula is C14H20ClN3O3. The number of amides is 2. The molecule has 0 saturated carbocycles. The lowest BCUT2D eigenvalue weighted by molar-refractivity contribution is -0.136. The normalized spacial score (nSPS) is 10.5. The molecule has 0 atom stereocenters. The number of nitrogen functional groups attached to an aromatic ring is 1. The highest BCUT2D eigenvalue weighted by Crippen LogP contribution is 2.22. The zero-order valence-corrected chi connectivity index (χ0v) is 12.9. The number of carbonyl (C=O) groups is 2. The van der Waals surface area contributed by atoms with Crippen molar-refractivity contribution < 1.29 is 14.3 Å². The van der Waals surface area contributed by atoms with Gasteiger partial charge in [-0.2, -0.15) is 0 Å². The number of nitrogens with two attached hydrogens (primary N) is 1. The fourth-order valence-corrected chi connectivity index (χ4v) is 1.65. The van der Waals surface area contributed by atoms with Crippen LogP contribution in [0.3, 0.4) is 0 Å². The molecule has 0 aliphatic carbocycles. The van der Waals surface area contributed by atoms with Crippen LogP contribution in [0.25, 0.3) is 0 Å². The molecule has 1 aromatic rings. The van der Waals surface area contributed by atoms with Crippen LogP contribution in [0.5, 0.6) is 0 Å². The van der Waals surface area contributed by atoms with E-state index < -0.39 is 11.8 Å². The van der Waals surface area contributed by atoms with Gasteiger partial charge in [0.05, 0.1) is 16.8 Å². The molecule has 0 aromatic heterocycles. The minimum absolute atomic E-state index is 0.152. The Morgan fingerprint density at radius 1 is 1.33 bits per heavy atom. The zero-order valence-electron chi connectivity index (χ0n) is 12.1. The Balaban J connectivity index is 2.34. The lowest BCUT2D eigenvalue weighted by Gasteiger charge is -2.09. The van der Waals surface area contributed by atoms with Crippen molar-refractivity contribution >= 4 is 34.8 Å². The Bertz CT molecular complexity index is 506. The molecule has 0 aliphatic heterocycles. The van der Waals surface area contributed by atoms with Gasteiger partial charge in [-0.05, 0) is 38.5 Å². The highest BCUT2D eigenvalue weighted by molar-refractivity contribution is 6.40. The van der Waals surface area contributed by atoms with E-state index in [1.807, 2.05) is 13.8 Å². The molecule has 0 unspecified atom stereocenters. The quantitative estimate of drug-likeness (QED) is 0.424. The van der Waals surface area contributed by atoms with Crippen molar-refractivity contribution in [1.29, 1.82) is 0 Å². The minimum atomic E-state index is -0.749. The molecule has 0 spiro atoms. The monoisotopic (exact) mass is 313 g/mol. The Labute approximate surface area is 129 Å². The summed E-state index contributed by atoms with van der Waals surface area (Å²) in [5, 5.41) is 5.28. The number of hydrogen-bond donors (Lipinski definition) is 3. The van der Waals surface area contributed by atoms with Crippen molar-refractivity contribution in [2.24, 2.45) is 0 Å². The second-order valence-corrected chi connectivity index (χ2v) is 5.13. The summed E-state index contributed by atoms with van der Waals surface area (Å²) in [6.07, 6.45) is 0.796. The van der Waals surface area contributed by atoms with E-state index in [1.54, 1.807) is 12.1 Å². The first-order valence-corrected chi connectivity index (χ1v) is 7.03. The molecule has 0 saturated heterocycles. The summed E-state index contributed by atoms with van der Waals surface area (Å²) in [6, 6.07) is 4.61. The van der Waals surface area contributed by atoms with Crippen LogP contribution >= 0.6 is 11.6 Å². The molecule has 0 radical (unpaired) electrons. The molecular weight excluding hydrogens is 294 g/mol. The van der Waals surface area contributed by atoms with E-state index in [4.69, 9.17) is 22.1 Å². The summed E-state index contributed by atoms with van der Waals surface area (Å²) in [6.45, 7) is 4.78. The predicted molar refractivity (Wildman–Crippen MR) is 83.2 cm³/mol. The van der Waals surface area contributed by atoms with Crippen LogP contribution in [-0.2, 0) is 14.3 Å². The van der Waals surface area contributed by atoms with E-state index in [-0.39, 0.29) is 6.10 Å². The highest BCUT2D eigenvalue weighted by Gasteiger charge is 2.13. The number of carbonyl (C=O) groups excluding carboxylic acids is 2. The second-order valence-electron chi connectivity index (χ2n) is 4.72. The molecule has 2 amide bonds. The SMILES string of the molecule is CC(C)OCCCNC(=O)C(=O)Nc1ccc(N)c(Cl)c1. The van der Waals surface area contributed by atoms with Crippen LogP contribution in [-0.4, -0.2) is 31.1 Å². The lowest BCUT2D eigenvalue weighted by Crippen LogP contribution is -2.36. The topological polar surface area (TPSA) is 93.4 Å². The van der Waals surface area contributed by atoms with Gasteiger partial charge in [-0.3, -0.25) is 9.59 Å². The van der Waals surface area contributed by atoms with Gasteiger partial charge in [0.1, 0.15) is 0 Å². The molecule has 1 rings (SSSR count). The smallest absolute Gasteiger partial charge is 0.313 e. The van der Waals surface area contributed by atoms with Gasteiger partial charge in [0.15, 0.2) is 0 Å². The number of ether oxygens (including phenoxy) is 1. The Kier molecular flexibility index (Phi) is 6.98. The van der Waals surface area contributed by atoms with Gasteiger partial charge >= 0.3 is 11.8 Å². The Morgan fingerprint density at radius 2 is 2.05 bits per heavy atom. The molecule has 0 heterocycles. The van der Waals surface area contributed by atoms with Crippen molar-refractivity contribution in [2.75, 3.05) is 24.2 Å². The Morgan fingerprint density at radius 3 is 2.67 bits per heavy atom. The van der Waals surface area contributed by atoms with Crippen LogP contribution in [0.1, 0.15) is 20.3 Å². The second kappa shape index (κ2) is 8.49. The van der Waals surface area contributed by atoms with E-state index >= 15 is 0 Å². The Hall–Kier alpha value is -1.79. The van der Waals surface area contributed by atoms with Gasteiger partial charge in [-0.1, -0.05) is 11.6 Å². The average Bonchev–Trinajstić information content (AvgIpc) is 2.42. The van der Waals surface area contributed by atoms with Crippen LogP contribution in [0.15, 0.2) is 18.2 Å². The first-order chi connectivity index (χ1) is 9.90. The van der Waals surface area contributed by atoms with Gasteiger partial charge in [0, 0.05) is 18.8 Å². The third kappa shape index (κ3) is 6.46. The number of benzene rings is 1. The van der Waals surface area contributed by atoms with Crippen molar-refractivity contribution in [3.63, 3.8) is 0 Å². The summed E-state index contributed by atoms with van der Waals surface area (Å²) < 4.78 is 5.33. The van der Waals surface area contributed by atoms with Crippen molar-refractivity contribution in [3.05, 3.63) is 23.2 Å². The molecule has 21 heavy (non-hydrogen) atoms. The maximum absolute atomic E-state index is 11.7. The number of hydrogen-bond acceptors (Lipinski definition) is 4. The summed E-state index contributed by atoms with van der Waals surface area (Å²) >= 11 is 5.83. The molecule has 0 aliphatic rings. The standard InChI is InChI=1S/C14H20ClN3O3/c1-9(2)21-7-3-6-17-13(19)14(20)18-10-4-5-12(16)11(15)8-10/h4-5,8-9H,3,6-7,16H2,1-2H3,(H,17,19)(H,18,20). The lowest BCUT2D eigenvalue weighted by atomic mass is 10.3. The third-order valence-electron chi connectivity index (χ3n) is 2.52. The van der Waals surface area contributed by atoms with E-state index in [2.05, 4.69) is 10.6 Å². The summed E-state index contributed by atoms with van der Waals surface area (Å²) in [5.41, 5.74) is 6.38. The maximum Gasteiger partial charge on any atom is 0.313 e. The number of rotatable bonds is 6. The van der Waals surface area contributed by atoms with Gasteiger partial charge in [-0.25, -0.2) is 0 Å². The van der Waals surface area contributed by atoms with Crippen molar-refractivity contribution in [1.82, 2.24) is 5.32 Å². The van der Waals surface area contributed by atoms with E-state index in [0.29, 0.717) is 36.0 Å². The first-order valence-electron chi connectivity index (χ1n) is 6.66. The molecule has 1 aromatic carbocycles. The zero-order chi connectivity index (χ0) is 15.8. The summed E-state index contributed by atoms with van der Waals surface area (Å²) in [5.74, 6) is -1.45. The molecule has 0 fully saturated rings. The van der Waals surface area contributed by atoms with Crippen LogP contribution in [0.4, 0.5) is 11.4 Å². The van der Waals surface area contributed by atoms with Gasteiger partial charge in [-0.15, -0.1) is 0 Å². The van der Waals surface area contributed by atoms with Crippen LogP contribution in [0, 0.1) is 0 Å². The van der Waals surface area contributed by atoms with Gasteiger partial charge in [0.2, 0.25) is 0 Å². The maximum atomic E-state index is 11.7. The first kappa shape index (κ1) is 17.3. The number of halogens is 1. The number of anilines is 2. The fraction of sp³-hybridized carbons (Fsp3) is 0.429. The molecule has 7 heteroatoms. The minimum Gasteiger partial charge on any atom is -0.398 e. The molecule has 4 N–H and O–H groups in total. The fourth-order valence-electron chi connectivity index (χ4n) is 1.47. The average molecular weight is 314 g/mol. The van der Waals surface area contributed by atoms with Crippen molar-refractivity contribution in [2.45, 2.75) is 26.4 Å². The summed E-state index contributed by atoms with van der Waals surface area (Å²) in [4.78, 5) is 23.2. The predicted octanol–water partition coefficient (Wildman–Crippen LogP) is 1.79. The van der Waals surface area contributed by atoms with Crippen LogP contribution < -0.4 is 16.4 Å². The highest BCUT2D eigenvalue weighted by atomic mass is 35.5. The van der Waals surface area contributed by atoms with Crippen LogP contribution in [0.2, 0.25) is 5.02 Å². The largest absolute Gasteiger partial charge is 0.398 e.